The van der Waals surface area contributed by atoms with Crippen LogP contribution in [-0.2, 0) is 0 Å². The van der Waals surface area contributed by atoms with Gasteiger partial charge in [-0.1, -0.05) is 175 Å². The minimum Gasteiger partial charge on any atom is -0.0625 e. The average Bonchev–Trinajstić information content (AvgIpc) is 2.70. The van der Waals surface area contributed by atoms with E-state index in [1.165, 1.54) is 141 Å². The van der Waals surface area contributed by atoms with Crippen molar-refractivity contribution in [1.29, 1.82) is 0 Å². The molecular weight excluding hydrogens is 336 g/mol. The van der Waals surface area contributed by atoms with Gasteiger partial charge in [0.2, 0.25) is 0 Å². The van der Waals surface area contributed by atoms with Crippen LogP contribution < -0.4 is 0 Å². The van der Waals surface area contributed by atoms with Gasteiger partial charge in [-0.2, -0.15) is 0 Å². The fourth-order valence-corrected chi connectivity index (χ4v) is 4.31. The molecule has 0 heterocycles. The molecule has 0 aliphatic rings. The Balaban J connectivity index is 3.12. The minimum atomic E-state index is 0.959. The lowest BCUT2D eigenvalue weighted by molar-refractivity contribution is 0.430. The summed E-state index contributed by atoms with van der Waals surface area (Å²) in [6, 6.07) is 0. The quantitative estimate of drug-likeness (QED) is 0.143. The van der Waals surface area contributed by atoms with Crippen LogP contribution in [0.1, 0.15) is 161 Å². The third-order valence-electron chi connectivity index (χ3n) is 6.39. The molecule has 0 aromatic carbocycles. The summed E-state index contributed by atoms with van der Waals surface area (Å²) in [5, 5.41) is 0. The van der Waals surface area contributed by atoms with Gasteiger partial charge in [-0.05, 0) is 5.92 Å². The predicted octanol–water partition coefficient (Wildman–Crippen LogP) is 10.7. The van der Waals surface area contributed by atoms with Crippen molar-refractivity contribution in [2.24, 2.45) is 5.92 Å². The first-order valence-electron chi connectivity index (χ1n) is 13.4. The Kier molecular flexibility index (Phi) is 25.0. The first-order valence-corrected chi connectivity index (χ1v) is 13.4. The van der Waals surface area contributed by atoms with Crippen LogP contribution in [0.15, 0.2) is 0 Å². The van der Waals surface area contributed by atoms with E-state index in [0.717, 1.165) is 18.8 Å². The van der Waals surface area contributed by atoms with Gasteiger partial charge >= 0.3 is 0 Å². The molecule has 0 aliphatic carbocycles. The summed E-state index contributed by atoms with van der Waals surface area (Å²) in [4.78, 5) is 0. The molecule has 1 atom stereocenters. The molecule has 0 heteroatoms. The van der Waals surface area contributed by atoms with Gasteiger partial charge in [-0.25, -0.2) is 0 Å². The molecule has 168 valence electrons. The van der Waals surface area contributed by atoms with Gasteiger partial charge in [-0.15, -0.1) is 0 Å². The van der Waals surface area contributed by atoms with E-state index in [1.54, 1.807) is 0 Å². The second-order valence-electron chi connectivity index (χ2n) is 9.46. The van der Waals surface area contributed by atoms with E-state index in [1.807, 2.05) is 0 Å². The fourth-order valence-electron chi connectivity index (χ4n) is 4.31. The molecular formula is C28H56. The smallest absolute Gasteiger partial charge is 0.0443 e. The van der Waals surface area contributed by atoms with Gasteiger partial charge in [0, 0.05) is 0 Å². The van der Waals surface area contributed by atoms with E-state index in [2.05, 4.69) is 20.8 Å². The van der Waals surface area contributed by atoms with Crippen LogP contribution >= 0.6 is 0 Å². The lowest BCUT2D eigenvalue weighted by Gasteiger charge is -2.11. The maximum atomic E-state index is 3.92. The van der Waals surface area contributed by atoms with Gasteiger partial charge in [0.25, 0.3) is 0 Å². The Morgan fingerprint density at radius 2 is 0.571 bits per heavy atom. The molecule has 0 saturated carbocycles. The van der Waals surface area contributed by atoms with Crippen molar-refractivity contribution in [2.75, 3.05) is 0 Å². The monoisotopic (exact) mass is 392 g/mol. The van der Waals surface area contributed by atoms with Crippen LogP contribution in [0.25, 0.3) is 0 Å². The first kappa shape index (κ1) is 28.0. The molecule has 0 bridgehead atoms. The molecule has 2 radical (unpaired) electrons. The summed E-state index contributed by atoms with van der Waals surface area (Å²) in [7, 11) is 0. The predicted molar refractivity (Wildman–Crippen MR) is 131 cm³/mol. The normalized spacial score (nSPS) is 12.5. The summed E-state index contributed by atoms with van der Waals surface area (Å²) in [5.74, 6) is 0.959. The Morgan fingerprint density at radius 1 is 0.357 bits per heavy atom. The highest BCUT2D eigenvalue weighted by Crippen LogP contribution is 2.19. The number of hydrogen-bond acceptors (Lipinski definition) is 0. The Bertz CT molecular complexity index is 257. The molecule has 28 heavy (non-hydrogen) atoms. The molecule has 0 N–H and O–H groups in total. The van der Waals surface area contributed by atoms with E-state index in [4.69, 9.17) is 0 Å². The molecule has 0 aromatic rings. The second kappa shape index (κ2) is 25.0. The van der Waals surface area contributed by atoms with Crippen molar-refractivity contribution in [3.63, 3.8) is 0 Å². The lowest BCUT2D eigenvalue weighted by atomic mass is 9.95. The summed E-state index contributed by atoms with van der Waals surface area (Å²) < 4.78 is 0. The first-order chi connectivity index (χ1) is 13.8. The van der Waals surface area contributed by atoms with E-state index >= 15 is 0 Å². The zero-order valence-corrected chi connectivity index (χ0v) is 20.0. The third-order valence-corrected chi connectivity index (χ3v) is 6.39. The number of rotatable bonds is 24. The van der Waals surface area contributed by atoms with Crippen LogP contribution in [0.3, 0.4) is 0 Å². The number of hydrogen-bond donors (Lipinski definition) is 0. The summed E-state index contributed by atoms with van der Waals surface area (Å²) in [5.41, 5.74) is 0. The van der Waals surface area contributed by atoms with Crippen molar-refractivity contribution >= 4 is 0 Å². The SMILES string of the molecule is [CH2]CCCCCCCCCCCCCCC(C)CCCCCCCCCC[CH2]. The fraction of sp³-hybridized carbons (Fsp3) is 0.929. The Morgan fingerprint density at radius 3 is 0.821 bits per heavy atom. The summed E-state index contributed by atoms with van der Waals surface area (Å²) in [6.45, 7) is 10.3. The molecule has 0 aromatic heterocycles. The van der Waals surface area contributed by atoms with E-state index in [0.29, 0.717) is 0 Å². The maximum Gasteiger partial charge on any atom is -0.0443 e. The van der Waals surface area contributed by atoms with Crippen LogP contribution in [0.4, 0.5) is 0 Å². The van der Waals surface area contributed by atoms with Gasteiger partial charge < -0.3 is 0 Å². The molecule has 0 spiro atoms. The summed E-state index contributed by atoms with van der Waals surface area (Å²) >= 11 is 0. The van der Waals surface area contributed by atoms with Crippen LogP contribution in [0.5, 0.6) is 0 Å². The van der Waals surface area contributed by atoms with E-state index < -0.39 is 0 Å². The molecule has 0 amide bonds. The highest BCUT2D eigenvalue weighted by atomic mass is 14.1. The average molecular weight is 393 g/mol. The van der Waals surface area contributed by atoms with Crippen molar-refractivity contribution in [2.45, 2.75) is 161 Å². The molecule has 1 unspecified atom stereocenters. The highest BCUT2D eigenvalue weighted by Gasteiger charge is 2.02. The van der Waals surface area contributed by atoms with Gasteiger partial charge in [-0.3, -0.25) is 0 Å². The molecule has 0 saturated heterocycles. The summed E-state index contributed by atoms with van der Waals surface area (Å²) in [6.07, 6.45) is 34.1. The third kappa shape index (κ3) is 24.0. The minimum absolute atomic E-state index is 0.959. The van der Waals surface area contributed by atoms with Crippen molar-refractivity contribution < 1.29 is 0 Å². The lowest BCUT2D eigenvalue weighted by Crippen LogP contribution is -1.95. The van der Waals surface area contributed by atoms with Crippen LogP contribution in [-0.4, -0.2) is 0 Å². The standard InChI is InChI=1S/C28H56/c1-4-6-8-10-12-14-15-16-17-19-21-23-25-27-28(3)26-24-22-20-18-13-11-9-7-5-2/h28H,1-2,4-27H2,3H3. The number of unbranched alkanes of at least 4 members (excludes halogenated alkanes) is 20. The second-order valence-corrected chi connectivity index (χ2v) is 9.46. The van der Waals surface area contributed by atoms with Crippen LogP contribution in [0, 0.1) is 19.8 Å². The van der Waals surface area contributed by atoms with E-state index in [9.17, 15) is 0 Å². The van der Waals surface area contributed by atoms with Gasteiger partial charge in [0.1, 0.15) is 0 Å². The Hall–Kier alpha value is 0. The van der Waals surface area contributed by atoms with Crippen molar-refractivity contribution in [3.05, 3.63) is 13.8 Å². The Labute approximate surface area is 181 Å². The van der Waals surface area contributed by atoms with Crippen LogP contribution in [0.2, 0.25) is 0 Å². The highest BCUT2D eigenvalue weighted by molar-refractivity contribution is 4.56. The molecule has 0 nitrogen and oxygen atoms in total. The maximum absolute atomic E-state index is 3.92. The zero-order chi connectivity index (χ0) is 20.5. The van der Waals surface area contributed by atoms with Crippen molar-refractivity contribution in [1.82, 2.24) is 0 Å². The molecule has 0 rings (SSSR count). The van der Waals surface area contributed by atoms with Gasteiger partial charge in [0.05, 0.1) is 0 Å². The van der Waals surface area contributed by atoms with Gasteiger partial charge in [0.15, 0.2) is 0 Å². The zero-order valence-electron chi connectivity index (χ0n) is 20.0. The van der Waals surface area contributed by atoms with E-state index in [-0.39, 0.29) is 0 Å². The largest absolute Gasteiger partial charge is 0.0625 e. The topological polar surface area (TPSA) is 0 Å². The molecule has 0 aliphatic heterocycles. The molecule has 0 fully saturated rings. The van der Waals surface area contributed by atoms with Crippen molar-refractivity contribution in [3.8, 4) is 0 Å².